The number of hydrogen-bond donors (Lipinski definition) is 2. The average molecular weight is 255 g/mol. The van der Waals surface area contributed by atoms with E-state index in [1.165, 1.54) is 5.56 Å². The molecule has 1 rings (SSSR count). The number of thiophene rings is 1. The Kier molecular flexibility index (Phi) is 5.63. The molecule has 0 bridgehead atoms. The molecular formula is C14H25NOS. The van der Waals surface area contributed by atoms with Crippen LogP contribution in [-0.4, -0.2) is 23.8 Å². The third kappa shape index (κ3) is 6.20. The molecular weight excluding hydrogens is 230 g/mol. The van der Waals surface area contributed by atoms with Crippen molar-refractivity contribution < 1.29 is 5.11 Å². The SMILES string of the molecule is CC(O)CC(C)(C)CNC(C)Cc1ccsc1. The molecule has 1 aromatic rings. The summed E-state index contributed by atoms with van der Waals surface area (Å²) in [7, 11) is 0. The van der Waals surface area contributed by atoms with Crippen LogP contribution in [-0.2, 0) is 6.42 Å². The van der Waals surface area contributed by atoms with Crippen LogP contribution in [0.4, 0.5) is 0 Å². The summed E-state index contributed by atoms with van der Waals surface area (Å²) in [6, 6.07) is 2.67. The standard InChI is InChI=1S/C14H25NOS/c1-11(7-13-5-6-17-9-13)15-10-14(3,4)8-12(2)16/h5-6,9,11-12,15-16H,7-8,10H2,1-4H3. The van der Waals surface area contributed by atoms with Crippen LogP contribution in [0.5, 0.6) is 0 Å². The predicted molar refractivity (Wildman–Crippen MR) is 75.6 cm³/mol. The van der Waals surface area contributed by atoms with Gasteiger partial charge in [0, 0.05) is 12.6 Å². The normalized spacial score (nSPS) is 15.8. The van der Waals surface area contributed by atoms with E-state index in [0.717, 1.165) is 19.4 Å². The summed E-state index contributed by atoms with van der Waals surface area (Å²) in [6.07, 6.45) is 1.69. The van der Waals surface area contributed by atoms with Crippen molar-refractivity contribution in [3.8, 4) is 0 Å². The van der Waals surface area contributed by atoms with Gasteiger partial charge in [0.15, 0.2) is 0 Å². The molecule has 1 aromatic heterocycles. The van der Waals surface area contributed by atoms with Gasteiger partial charge in [-0.15, -0.1) is 0 Å². The van der Waals surface area contributed by atoms with E-state index < -0.39 is 0 Å². The Morgan fingerprint density at radius 2 is 2.12 bits per heavy atom. The number of nitrogens with one attached hydrogen (secondary N) is 1. The van der Waals surface area contributed by atoms with Crippen LogP contribution in [0.15, 0.2) is 16.8 Å². The van der Waals surface area contributed by atoms with Gasteiger partial charge in [-0.2, -0.15) is 11.3 Å². The Bertz CT molecular complexity index is 306. The first-order valence-electron chi connectivity index (χ1n) is 6.31. The summed E-state index contributed by atoms with van der Waals surface area (Å²) in [4.78, 5) is 0. The highest BCUT2D eigenvalue weighted by Crippen LogP contribution is 2.21. The lowest BCUT2D eigenvalue weighted by Gasteiger charge is -2.28. The number of aliphatic hydroxyl groups excluding tert-OH is 1. The first-order chi connectivity index (χ1) is 7.89. The van der Waals surface area contributed by atoms with Crippen LogP contribution in [0.25, 0.3) is 0 Å². The maximum atomic E-state index is 9.43. The van der Waals surface area contributed by atoms with Crippen LogP contribution in [0, 0.1) is 5.41 Å². The van der Waals surface area contributed by atoms with E-state index in [4.69, 9.17) is 0 Å². The molecule has 0 fully saturated rings. The first kappa shape index (κ1) is 14.7. The highest BCUT2D eigenvalue weighted by Gasteiger charge is 2.20. The van der Waals surface area contributed by atoms with Crippen molar-refractivity contribution in [1.82, 2.24) is 5.32 Å². The molecule has 0 saturated heterocycles. The molecule has 0 radical (unpaired) electrons. The van der Waals surface area contributed by atoms with Crippen LogP contribution >= 0.6 is 11.3 Å². The molecule has 2 unspecified atom stereocenters. The minimum Gasteiger partial charge on any atom is -0.393 e. The van der Waals surface area contributed by atoms with E-state index in [1.54, 1.807) is 11.3 Å². The van der Waals surface area contributed by atoms with Crippen molar-refractivity contribution in [2.45, 2.75) is 52.7 Å². The van der Waals surface area contributed by atoms with Crippen molar-refractivity contribution in [2.75, 3.05) is 6.54 Å². The molecule has 2 atom stereocenters. The van der Waals surface area contributed by atoms with E-state index >= 15 is 0 Å². The molecule has 2 N–H and O–H groups in total. The zero-order valence-electron chi connectivity index (χ0n) is 11.4. The van der Waals surface area contributed by atoms with E-state index in [2.05, 4.69) is 42.9 Å². The number of hydrogen-bond acceptors (Lipinski definition) is 3. The van der Waals surface area contributed by atoms with Crippen LogP contribution in [0.1, 0.15) is 39.7 Å². The van der Waals surface area contributed by atoms with Crippen molar-refractivity contribution in [3.05, 3.63) is 22.4 Å². The molecule has 0 saturated carbocycles. The van der Waals surface area contributed by atoms with E-state index in [9.17, 15) is 5.11 Å². The highest BCUT2D eigenvalue weighted by atomic mass is 32.1. The van der Waals surface area contributed by atoms with Gasteiger partial charge in [-0.05, 0) is 54.5 Å². The number of aliphatic hydroxyl groups is 1. The van der Waals surface area contributed by atoms with Gasteiger partial charge in [0.1, 0.15) is 0 Å². The zero-order chi connectivity index (χ0) is 12.9. The fourth-order valence-electron chi connectivity index (χ4n) is 2.16. The minimum absolute atomic E-state index is 0.150. The third-order valence-electron chi connectivity index (χ3n) is 2.90. The minimum atomic E-state index is -0.223. The fourth-order valence-corrected chi connectivity index (χ4v) is 2.84. The van der Waals surface area contributed by atoms with Gasteiger partial charge in [0.05, 0.1) is 6.10 Å². The molecule has 0 amide bonds. The molecule has 3 heteroatoms. The van der Waals surface area contributed by atoms with Gasteiger partial charge in [0.25, 0.3) is 0 Å². The molecule has 17 heavy (non-hydrogen) atoms. The summed E-state index contributed by atoms with van der Waals surface area (Å²) in [5, 5.41) is 17.3. The topological polar surface area (TPSA) is 32.3 Å². The quantitative estimate of drug-likeness (QED) is 0.785. The second-order valence-electron chi connectivity index (χ2n) is 5.84. The Balaban J connectivity index is 2.29. The van der Waals surface area contributed by atoms with E-state index in [1.807, 2.05) is 6.92 Å². The predicted octanol–water partition coefficient (Wildman–Crippen LogP) is 3.07. The smallest absolute Gasteiger partial charge is 0.0517 e. The summed E-state index contributed by atoms with van der Waals surface area (Å²) in [5.41, 5.74) is 1.56. The lowest BCUT2D eigenvalue weighted by molar-refractivity contribution is 0.126. The molecule has 1 heterocycles. The Hall–Kier alpha value is -0.380. The van der Waals surface area contributed by atoms with Crippen LogP contribution in [0.2, 0.25) is 0 Å². The molecule has 0 aliphatic heterocycles. The Morgan fingerprint density at radius 1 is 1.41 bits per heavy atom. The van der Waals surface area contributed by atoms with Gasteiger partial charge in [-0.1, -0.05) is 13.8 Å². The first-order valence-corrected chi connectivity index (χ1v) is 7.26. The maximum absolute atomic E-state index is 9.43. The lowest BCUT2D eigenvalue weighted by Crippen LogP contribution is -2.37. The highest BCUT2D eigenvalue weighted by molar-refractivity contribution is 7.07. The molecule has 0 aliphatic rings. The summed E-state index contributed by atoms with van der Waals surface area (Å²) >= 11 is 1.75. The van der Waals surface area contributed by atoms with Crippen molar-refractivity contribution in [2.24, 2.45) is 5.41 Å². The monoisotopic (exact) mass is 255 g/mol. The summed E-state index contributed by atoms with van der Waals surface area (Å²) in [6.45, 7) is 9.42. The van der Waals surface area contributed by atoms with Crippen molar-refractivity contribution in [1.29, 1.82) is 0 Å². The second kappa shape index (κ2) is 6.53. The third-order valence-corrected chi connectivity index (χ3v) is 3.63. The molecule has 0 aromatic carbocycles. The fraction of sp³-hybridized carbons (Fsp3) is 0.714. The molecule has 0 aliphatic carbocycles. The molecule has 2 nitrogen and oxygen atoms in total. The Labute approximate surface area is 109 Å². The summed E-state index contributed by atoms with van der Waals surface area (Å²) in [5.74, 6) is 0. The molecule has 0 spiro atoms. The van der Waals surface area contributed by atoms with Crippen molar-refractivity contribution in [3.63, 3.8) is 0 Å². The van der Waals surface area contributed by atoms with Gasteiger partial charge < -0.3 is 10.4 Å². The largest absolute Gasteiger partial charge is 0.393 e. The number of rotatable bonds is 7. The second-order valence-corrected chi connectivity index (χ2v) is 6.62. The maximum Gasteiger partial charge on any atom is 0.0517 e. The lowest BCUT2D eigenvalue weighted by atomic mass is 9.86. The van der Waals surface area contributed by atoms with Gasteiger partial charge in [-0.25, -0.2) is 0 Å². The Morgan fingerprint density at radius 3 is 2.65 bits per heavy atom. The van der Waals surface area contributed by atoms with E-state index in [-0.39, 0.29) is 11.5 Å². The van der Waals surface area contributed by atoms with Gasteiger partial charge in [0.2, 0.25) is 0 Å². The summed E-state index contributed by atoms with van der Waals surface area (Å²) < 4.78 is 0. The van der Waals surface area contributed by atoms with Crippen LogP contribution < -0.4 is 5.32 Å². The van der Waals surface area contributed by atoms with Crippen LogP contribution in [0.3, 0.4) is 0 Å². The average Bonchev–Trinajstić information content (AvgIpc) is 2.65. The zero-order valence-corrected chi connectivity index (χ0v) is 12.2. The van der Waals surface area contributed by atoms with Crippen molar-refractivity contribution >= 4 is 11.3 Å². The van der Waals surface area contributed by atoms with E-state index in [0.29, 0.717) is 6.04 Å². The molecule has 98 valence electrons. The van der Waals surface area contributed by atoms with Gasteiger partial charge in [-0.3, -0.25) is 0 Å². The van der Waals surface area contributed by atoms with Gasteiger partial charge >= 0.3 is 0 Å².